The van der Waals surface area contributed by atoms with Gasteiger partial charge in [-0.3, -0.25) is 73.8 Å². The molecule has 144 heavy (non-hydrogen) atoms. The van der Waals surface area contributed by atoms with E-state index in [4.69, 9.17) is 32.7 Å². The third-order valence-corrected chi connectivity index (χ3v) is 27.2. The number of halogens is 7. The molecule has 750 valence electrons. The van der Waals surface area contributed by atoms with E-state index in [1.807, 2.05) is 60.2 Å². The summed E-state index contributed by atoms with van der Waals surface area (Å²) in [5.74, 6) is -2.20. The first-order chi connectivity index (χ1) is 68.4. The predicted molar refractivity (Wildman–Crippen MR) is 544 cm³/mol. The van der Waals surface area contributed by atoms with Crippen LogP contribution in [0.15, 0.2) is 212 Å². The summed E-state index contributed by atoms with van der Waals surface area (Å²) < 4.78 is 89.6. The molecular formula is C110H114Cl2F5N15O12. The van der Waals surface area contributed by atoms with E-state index in [1.165, 1.54) is 36.4 Å². The van der Waals surface area contributed by atoms with Crippen molar-refractivity contribution in [3.05, 3.63) is 279 Å². The minimum Gasteiger partial charge on any atom is -0.466 e. The Morgan fingerprint density at radius 2 is 0.750 bits per heavy atom. The van der Waals surface area contributed by atoms with Crippen LogP contribution in [0, 0.1) is 57.2 Å². The monoisotopic (exact) mass is 2000 g/mol. The van der Waals surface area contributed by atoms with Crippen LogP contribution in [0.25, 0.3) is 72.2 Å². The molecule has 1 unspecified atom stereocenters. The zero-order valence-corrected chi connectivity index (χ0v) is 83.2. The van der Waals surface area contributed by atoms with E-state index >= 15 is 8.78 Å². The summed E-state index contributed by atoms with van der Waals surface area (Å²) in [6.45, 7) is 20.7. The van der Waals surface area contributed by atoms with Crippen LogP contribution in [0.2, 0.25) is 10.0 Å². The fourth-order valence-electron chi connectivity index (χ4n) is 18.1. The van der Waals surface area contributed by atoms with Crippen molar-refractivity contribution in [2.75, 3.05) is 39.8 Å². The molecule has 0 bridgehead atoms. The van der Waals surface area contributed by atoms with Crippen LogP contribution < -0.4 is 26.6 Å². The minimum absolute atomic E-state index is 0.00104. The van der Waals surface area contributed by atoms with Crippen LogP contribution in [-0.2, 0) is 72.7 Å². The van der Waals surface area contributed by atoms with Gasteiger partial charge in [0.2, 0.25) is 59.3 Å². The number of imidazole rings is 5. The first kappa shape index (κ1) is 103. The van der Waals surface area contributed by atoms with Gasteiger partial charge >= 0.3 is 11.9 Å². The lowest BCUT2D eigenvalue weighted by Crippen LogP contribution is -2.29. The van der Waals surface area contributed by atoms with Gasteiger partial charge in [-0.05, 0) is 272 Å². The normalized spacial score (nSPS) is 16.2. The maximum Gasteiger partial charge on any atom is 0.310 e. The standard InChI is InChI=1S/2C23H19ClFN3O2.C22H22FN3O2.C21H26FN3O3.C21H28FN3O3/c2*1-23(30,15-5-3-2-4-6-15)14-21(29)27-22-26-19-12-7-16(24)13-20(19)28(22)18-10-8-17(25)9-11-18;1-21(2,28)13-3-8-17-18(11-13)26(15-6-4-14(23)5-7-15)20(24-17)25-19(27)16-12-22(16)9-10-22;1-4-28-16(26)10-12-8-9-15-18(17(12)22)25(13-6-5-7-13)20(23-15)24-19(27)14-11-21(14,2)3;1-5-28-17(27)11-13-9-10-15-19(18(13)22)25(14-7-6-8-14)20(23-15)24-16(26)12-21(2,3)4/h2*2-13,30H,14H2,1H3,(H,26,27,29);3-8,11,16,28H,9-10,12H2,1-2H3,(H,24,25,27);8-9,13-14H,4-7,10-11H2,1-3H3,(H,23,24,27);9-10,14H,5-8,11-12H2,1-4H3,(H,23,24,26)/t2*23-;;14-;/m10.1./s1. The number of ether oxygens (including phenoxy) is 2. The van der Waals surface area contributed by atoms with Crippen molar-refractivity contribution in [1.29, 1.82) is 0 Å². The fourth-order valence-corrected chi connectivity index (χ4v) is 18.4. The largest absolute Gasteiger partial charge is 0.466 e. The summed E-state index contributed by atoms with van der Waals surface area (Å²) >= 11 is 12.3. The molecule has 5 aromatic heterocycles. The highest BCUT2D eigenvalue weighted by Gasteiger charge is 2.66. The Kier molecular flexibility index (Phi) is 30.1. The van der Waals surface area contributed by atoms with Gasteiger partial charge in [0.25, 0.3) is 0 Å². The molecule has 27 nitrogen and oxygen atoms in total. The Morgan fingerprint density at radius 1 is 0.410 bits per heavy atom. The number of hydrogen-bond acceptors (Lipinski definition) is 17. The Hall–Kier alpha value is -14.1. The Morgan fingerprint density at radius 3 is 1.10 bits per heavy atom. The Labute approximate surface area is 838 Å². The number of anilines is 5. The molecule has 10 aromatic carbocycles. The maximum absolute atomic E-state index is 15.3. The van der Waals surface area contributed by atoms with Crippen LogP contribution in [-0.4, -0.2) is 118 Å². The number of nitrogens with one attached hydrogen (secondary N) is 5. The lowest BCUT2D eigenvalue weighted by molar-refractivity contribution is -0.143. The number of fused-ring (bicyclic) bond motifs is 5. The number of aliphatic hydroxyl groups is 3. The highest BCUT2D eigenvalue weighted by atomic mass is 35.5. The van der Waals surface area contributed by atoms with Crippen molar-refractivity contribution >= 4 is 150 Å². The van der Waals surface area contributed by atoms with Gasteiger partial charge in [0.15, 0.2) is 11.6 Å². The van der Waals surface area contributed by atoms with E-state index in [0.29, 0.717) is 112 Å². The SMILES string of the molecule is CC(C)(O)c1ccc2nc(NC(=O)C3CC34CC4)n(-c3ccc(F)cc3)c2c1.CCOC(=O)Cc1ccc2nc(NC(=O)CC(C)(C)C)n(C3CCC3)c2c1F.CCOC(=O)Cc1ccc2nc(NC(=O)[C@H]3CC3(C)C)n(C3CCC3)c2c1F.C[C@@](O)(CC(=O)Nc1nc2ccc(Cl)cc2n1-c1ccc(F)cc1)c1ccccc1.C[C@](O)(CC(=O)Nc1nc2ccc(Cl)cc2n1-c1ccc(F)cc1)c1ccccc1. The molecule has 0 saturated heterocycles. The summed E-state index contributed by atoms with van der Waals surface area (Å²) in [4.78, 5) is 109. The highest BCUT2D eigenvalue weighted by molar-refractivity contribution is 6.31. The summed E-state index contributed by atoms with van der Waals surface area (Å²) in [5, 5.41) is 47.3. The molecule has 1 spiro atoms. The average Bonchev–Trinajstić information content (AvgIpc) is 1.53. The number of nitrogens with zero attached hydrogens (tertiary/aromatic N) is 10. The van der Waals surface area contributed by atoms with E-state index in [9.17, 15) is 62.1 Å². The summed E-state index contributed by atoms with van der Waals surface area (Å²) in [7, 11) is 0. The van der Waals surface area contributed by atoms with Gasteiger partial charge in [0.1, 0.15) is 28.5 Å². The molecule has 5 aliphatic carbocycles. The van der Waals surface area contributed by atoms with Gasteiger partial charge in [-0.15, -0.1) is 0 Å². The molecule has 8 N–H and O–H groups in total. The third-order valence-electron chi connectivity index (χ3n) is 26.7. The van der Waals surface area contributed by atoms with E-state index in [0.717, 1.165) is 75.3 Å². The van der Waals surface area contributed by atoms with Gasteiger partial charge < -0.3 is 33.9 Å². The molecule has 0 aliphatic heterocycles. The quantitative estimate of drug-likeness (QED) is 0.0184. The number of hydrogen-bond donors (Lipinski definition) is 8. The van der Waals surface area contributed by atoms with Gasteiger partial charge in [-0.1, -0.05) is 137 Å². The number of benzene rings is 10. The fraction of sp³-hybridized carbons (Fsp3) is 0.345. The Bertz CT molecular complexity index is 7150. The smallest absolute Gasteiger partial charge is 0.310 e. The van der Waals surface area contributed by atoms with Crippen LogP contribution in [0.5, 0.6) is 0 Å². The minimum atomic E-state index is -1.35. The van der Waals surface area contributed by atoms with E-state index < -0.39 is 52.2 Å². The zero-order valence-electron chi connectivity index (χ0n) is 81.7. The van der Waals surface area contributed by atoms with Gasteiger partial charge in [-0.2, -0.15) is 0 Å². The number of amides is 5. The van der Waals surface area contributed by atoms with Gasteiger partial charge in [0.05, 0.1) is 99.8 Å². The lowest BCUT2D eigenvalue weighted by Gasteiger charge is -2.29. The summed E-state index contributed by atoms with van der Waals surface area (Å²) in [6, 6.07) is 58.4. The molecule has 0 radical (unpaired) electrons. The van der Waals surface area contributed by atoms with Crippen molar-refractivity contribution in [2.24, 2.45) is 28.1 Å². The summed E-state index contributed by atoms with van der Waals surface area (Å²) in [6.07, 6.45) is 9.63. The first-order valence-corrected chi connectivity index (χ1v) is 48.9. The second kappa shape index (κ2) is 42.1. The highest BCUT2D eigenvalue weighted by Crippen LogP contribution is 2.71. The van der Waals surface area contributed by atoms with Crippen molar-refractivity contribution in [1.82, 2.24) is 47.8 Å². The Balaban J connectivity index is 0.000000129. The number of esters is 2. The molecule has 15 aromatic rings. The number of carbonyl (C=O) groups excluding carboxylic acids is 7. The molecule has 5 amide bonds. The van der Waals surface area contributed by atoms with Crippen LogP contribution >= 0.6 is 23.2 Å². The molecule has 5 heterocycles. The van der Waals surface area contributed by atoms with E-state index in [2.05, 4.69) is 65.4 Å². The molecule has 20 rings (SSSR count). The number of rotatable bonds is 26. The predicted octanol–water partition coefficient (Wildman–Crippen LogP) is 22.6. The van der Waals surface area contributed by atoms with Gasteiger partial charge in [0, 0.05) is 68.6 Å². The molecular weight excluding hydrogens is 1890 g/mol. The van der Waals surface area contributed by atoms with E-state index in [-0.39, 0.29) is 137 Å². The average molecular weight is 2000 g/mol. The zero-order chi connectivity index (χ0) is 103. The maximum atomic E-state index is 15.3. The molecule has 4 atom stereocenters. The van der Waals surface area contributed by atoms with Crippen LogP contribution in [0.1, 0.15) is 200 Å². The van der Waals surface area contributed by atoms with Crippen molar-refractivity contribution in [3.63, 3.8) is 0 Å². The molecule has 5 saturated carbocycles. The summed E-state index contributed by atoms with van der Waals surface area (Å²) in [5.41, 5.74) is 6.59. The molecule has 34 heteroatoms. The van der Waals surface area contributed by atoms with Crippen LogP contribution in [0.3, 0.4) is 0 Å². The number of carbonyl (C=O) groups is 7. The lowest BCUT2D eigenvalue weighted by atomic mass is 9.92. The van der Waals surface area contributed by atoms with E-state index in [1.54, 1.807) is 201 Å². The topological polar surface area (TPSA) is 348 Å². The third kappa shape index (κ3) is 23.7. The second-order valence-electron chi connectivity index (χ2n) is 40.2. The second-order valence-corrected chi connectivity index (χ2v) is 41.1. The van der Waals surface area contributed by atoms with Gasteiger partial charge in [-0.25, -0.2) is 46.9 Å². The van der Waals surface area contributed by atoms with Crippen molar-refractivity contribution in [2.45, 2.75) is 201 Å². The van der Waals surface area contributed by atoms with Crippen molar-refractivity contribution in [3.8, 4) is 17.1 Å². The van der Waals surface area contributed by atoms with Crippen LogP contribution in [0.4, 0.5) is 51.7 Å². The molecule has 5 fully saturated rings. The number of aromatic nitrogens is 10. The first-order valence-electron chi connectivity index (χ1n) is 48.1. The molecule has 5 aliphatic rings. The van der Waals surface area contributed by atoms with Crippen molar-refractivity contribution < 1.29 is 80.3 Å².